The van der Waals surface area contributed by atoms with Crippen LogP contribution in [-0.4, -0.2) is 24.8 Å². The number of nitrogens with one attached hydrogen (secondary N) is 1. The standard InChI is InChI=1S/C22H24BrNO3/c23-19(13-17-7-3-1-4-8-17)16-26-21-12-11-20(14-21)24-22(25)27-15-18-9-5-2-6-10-18/h1-10,13,20-21H,11-12,14-16H2,(H,24,25)/b19-13-/t20?,21-/m0/s1. The largest absolute Gasteiger partial charge is 0.445 e. The van der Waals surface area contributed by atoms with Crippen molar-refractivity contribution in [2.45, 2.75) is 38.0 Å². The van der Waals surface area contributed by atoms with Crippen molar-refractivity contribution in [3.63, 3.8) is 0 Å². The molecule has 1 saturated carbocycles. The number of benzene rings is 2. The molecule has 0 radical (unpaired) electrons. The zero-order chi connectivity index (χ0) is 18.9. The first-order valence-corrected chi connectivity index (χ1v) is 9.98. The topological polar surface area (TPSA) is 47.6 Å². The Morgan fingerprint density at radius 3 is 2.52 bits per heavy atom. The van der Waals surface area contributed by atoms with E-state index in [-0.39, 0.29) is 24.8 Å². The van der Waals surface area contributed by atoms with E-state index in [9.17, 15) is 4.79 Å². The Labute approximate surface area is 168 Å². The summed E-state index contributed by atoms with van der Waals surface area (Å²) in [5, 5.41) is 2.94. The molecule has 2 aromatic carbocycles. The van der Waals surface area contributed by atoms with Gasteiger partial charge in [-0.2, -0.15) is 0 Å². The molecule has 1 N–H and O–H groups in total. The minimum atomic E-state index is -0.366. The summed E-state index contributed by atoms with van der Waals surface area (Å²) < 4.78 is 12.3. The molecule has 142 valence electrons. The van der Waals surface area contributed by atoms with Crippen LogP contribution in [0.5, 0.6) is 0 Å². The zero-order valence-corrected chi connectivity index (χ0v) is 16.7. The molecule has 4 nitrogen and oxygen atoms in total. The Hall–Kier alpha value is -2.11. The molecule has 2 aromatic rings. The Balaban J connectivity index is 1.36. The van der Waals surface area contributed by atoms with E-state index in [0.29, 0.717) is 6.61 Å². The monoisotopic (exact) mass is 429 g/mol. The summed E-state index contributed by atoms with van der Waals surface area (Å²) in [5.74, 6) is 0. The maximum Gasteiger partial charge on any atom is 0.407 e. The minimum absolute atomic E-state index is 0.107. The number of ether oxygens (including phenoxy) is 2. The summed E-state index contributed by atoms with van der Waals surface area (Å²) in [7, 11) is 0. The highest BCUT2D eigenvalue weighted by atomic mass is 79.9. The van der Waals surface area contributed by atoms with Gasteiger partial charge in [0.1, 0.15) is 6.61 Å². The van der Waals surface area contributed by atoms with Crippen molar-refractivity contribution < 1.29 is 14.3 Å². The van der Waals surface area contributed by atoms with Crippen molar-refractivity contribution in [1.82, 2.24) is 5.32 Å². The van der Waals surface area contributed by atoms with Gasteiger partial charge in [0.2, 0.25) is 0 Å². The summed E-state index contributed by atoms with van der Waals surface area (Å²) in [4.78, 5) is 12.0. The number of hydrogen-bond acceptors (Lipinski definition) is 3. The summed E-state index contributed by atoms with van der Waals surface area (Å²) >= 11 is 3.57. The number of carbonyl (C=O) groups is 1. The second kappa shape index (κ2) is 10.3. The molecule has 27 heavy (non-hydrogen) atoms. The molecular weight excluding hydrogens is 406 g/mol. The van der Waals surface area contributed by atoms with Crippen molar-refractivity contribution in [2.24, 2.45) is 0 Å². The maximum atomic E-state index is 12.0. The van der Waals surface area contributed by atoms with Gasteiger partial charge in [0.15, 0.2) is 0 Å². The van der Waals surface area contributed by atoms with Gasteiger partial charge in [-0.1, -0.05) is 76.6 Å². The fourth-order valence-electron chi connectivity index (χ4n) is 3.12. The minimum Gasteiger partial charge on any atom is -0.445 e. The fourth-order valence-corrected chi connectivity index (χ4v) is 3.52. The Morgan fingerprint density at radius 2 is 1.78 bits per heavy atom. The predicted molar refractivity (Wildman–Crippen MR) is 110 cm³/mol. The Bertz CT molecular complexity index is 749. The lowest BCUT2D eigenvalue weighted by atomic mass is 10.2. The van der Waals surface area contributed by atoms with Gasteiger partial charge in [0.25, 0.3) is 0 Å². The lowest BCUT2D eigenvalue weighted by Crippen LogP contribution is -2.33. The molecule has 1 aliphatic rings. The summed E-state index contributed by atoms with van der Waals surface area (Å²) in [6.45, 7) is 0.821. The second-order valence-electron chi connectivity index (χ2n) is 6.65. The molecule has 1 unspecified atom stereocenters. The Kier molecular flexibility index (Phi) is 7.48. The third-order valence-electron chi connectivity index (χ3n) is 4.50. The van der Waals surface area contributed by atoms with Crippen molar-refractivity contribution in [2.75, 3.05) is 6.61 Å². The lowest BCUT2D eigenvalue weighted by Gasteiger charge is -2.14. The average molecular weight is 430 g/mol. The van der Waals surface area contributed by atoms with Gasteiger partial charge in [-0.25, -0.2) is 4.79 Å². The third kappa shape index (κ3) is 6.85. The van der Waals surface area contributed by atoms with E-state index in [1.54, 1.807) is 0 Å². The van der Waals surface area contributed by atoms with Crippen LogP contribution in [0.3, 0.4) is 0 Å². The van der Waals surface area contributed by atoms with Crippen molar-refractivity contribution in [1.29, 1.82) is 0 Å². The third-order valence-corrected chi connectivity index (χ3v) is 4.96. The van der Waals surface area contributed by atoms with Crippen LogP contribution in [0.1, 0.15) is 30.4 Å². The molecule has 3 rings (SSSR count). The second-order valence-corrected chi connectivity index (χ2v) is 7.67. The van der Waals surface area contributed by atoms with E-state index in [1.807, 2.05) is 48.5 Å². The van der Waals surface area contributed by atoms with E-state index in [0.717, 1.165) is 34.9 Å². The van der Waals surface area contributed by atoms with Gasteiger partial charge in [0.05, 0.1) is 12.7 Å². The fraction of sp³-hybridized carbons (Fsp3) is 0.318. The molecular formula is C22H24BrNO3. The van der Waals surface area contributed by atoms with Crippen molar-refractivity contribution in [3.05, 3.63) is 76.3 Å². The summed E-state index contributed by atoms with van der Waals surface area (Å²) in [5.41, 5.74) is 2.12. The highest BCUT2D eigenvalue weighted by molar-refractivity contribution is 9.11. The van der Waals surface area contributed by atoms with Crippen LogP contribution >= 0.6 is 15.9 Å². The number of amides is 1. The van der Waals surface area contributed by atoms with Crippen LogP contribution in [0.25, 0.3) is 6.08 Å². The first-order valence-electron chi connectivity index (χ1n) is 9.19. The SMILES string of the molecule is O=C(NC1CC[C@H](OC/C(Br)=C/c2ccccc2)C1)OCc1ccccc1. The molecule has 5 heteroatoms. The van der Waals surface area contributed by atoms with Crippen LogP contribution in [-0.2, 0) is 16.1 Å². The van der Waals surface area contributed by atoms with Crippen molar-refractivity contribution >= 4 is 28.1 Å². The number of hydrogen-bond donors (Lipinski definition) is 1. The highest BCUT2D eigenvalue weighted by Gasteiger charge is 2.27. The van der Waals surface area contributed by atoms with Gasteiger partial charge in [-0.05, 0) is 36.5 Å². The number of rotatable bonds is 7. The number of alkyl carbamates (subject to hydrolysis) is 1. The first-order chi connectivity index (χ1) is 13.2. The van der Waals surface area contributed by atoms with E-state index in [2.05, 4.69) is 39.5 Å². The average Bonchev–Trinajstić information content (AvgIpc) is 3.14. The van der Waals surface area contributed by atoms with E-state index < -0.39 is 0 Å². The molecule has 1 aliphatic carbocycles. The van der Waals surface area contributed by atoms with E-state index in [4.69, 9.17) is 9.47 Å². The van der Waals surface area contributed by atoms with E-state index in [1.165, 1.54) is 0 Å². The normalized spacial score (nSPS) is 19.7. The Morgan fingerprint density at radius 1 is 1.07 bits per heavy atom. The summed E-state index contributed by atoms with van der Waals surface area (Å²) in [6.07, 6.45) is 4.51. The molecule has 0 aliphatic heterocycles. The smallest absolute Gasteiger partial charge is 0.407 e. The molecule has 1 fully saturated rings. The van der Waals surface area contributed by atoms with Crippen LogP contribution < -0.4 is 5.32 Å². The van der Waals surface area contributed by atoms with E-state index >= 15 is 0 Å². The van der Waals surface area contributed by atoms with Crippen LogP contribution in [0, 0.1) is 0 Å². The molecule has 0 heterocycles. The van der Waals surface area contributed by atoms with Crippen LogP contribution in [0.4, 0.5) is 4.79 Å². The predicted octanol–water partition coefficient (Wildman–Crippen LogP) is 5.29. The quantitative estimate of drug-likeness (QED) is 0.650. The summed E-state index contributed by atoms with van der Waals surface area (Å²) in [6, 6.07) is 19.9. The van der Waals surface area contributed by atoms with Gasteiger partial charge >= 0.3 is 6.09 Å². The lowest BCUT2D eigenvalue weighted by molar-refractivity contribution is 0.0767. The molecule has 0 aromatic heterocycles. The molecule has 2 atom stereocenters. The van der Waals surface area contributed by atoms with Gasteiger partial charge in [-0.3, -0.25) is 0 Å². The van der Waals surface area contributed by atoms with Gasteiger partial charge < -0.3 is 14.8 Å². The number of carbonyl (C=O) groups excluding carboxylic acids is 1. The molecule has 0 saturated heterocycles. The first kappa shape index (κ1) is 19.6. The molecule has 1 amide bonds. The maximum absolute atomic E-state index is 12.0. The zero-order valence-electron chi connectivity index (χ0n) is 15.1. The highest BCUT2D eigenvalue weighted by Crippen LogP contribution is 2.24. The number of halogens is 1. The van der Waals surface area contributed by atoms with Gasteiger partial charge in [-0.15, -0.1) is 0 Å². The van der Waals surface area contributed by atoms with Crippen LogP contribution in [0.15, 0.2) is 65.1 Å². The van der Waals surface area contributed by atoms with Crippen LogP contribution in [0.2, 0.25) is 0 Å². The van der Waals surface area contributed by atoms with Gasteiger partial charge in [0, 0.05) is 10.5 Å². The van der Waals surface area contributed by atoms with Crippen molar-refractivity contribution in [3.8, 4) is 0 Å². The molecule has 0 bridgehead atoms. The molecule has 0 spiro atoms.